The first-order valence-electron chi connectivity index (χ1n) is 12.4. The third-order valence-electron chi connectivity index (χ3n) is 8.90. The molecule has 0 radical (unpaired) electrons. The van der Waals surface area contributed by atoms with Crippen molar-refractivity contribution in [1.29, 1.82) is 0 Å². The van der Waals surface area contributed by atoms with Crippen molar-refractivity contribution in [2.45, 2.75) is 70.8 Å². The number of rotatable bonds is 5. The molecule has 5 atom stereocenters. The van der Waals surface area contributed by atoms with Gasteiger partial charge in [0.15, 0.2) is 0 Å². The van der Waals surface area contributed by atoms with Crippen LogP contribution >= 0.6 is 0 Å². The number of carbonyl (C=O) groups excluding carboxylic acids is 1. The summed E-state index contributed by atoms with van der Waals surface area (Å²) in [4.78, 5) is 11.7. The summed E-state index contributed by atoms with van der Waals surface area (Å²) in [6.07, 6.45) is 7.79. The van der Waals surface area contributed by atoms with Gasteiger partial charge in [0.1, 0.15) is 17.6 Å². The van der Waals surface area contributed by atoms with Crippen LogP contribution in [0.3, 0.4) is 0 Å². The average molecular weight is 449 g/mol. The molecule has 3 aliphatic carbocycles. The largest absolute Gasteiger partial charge is 0.497 e. The lowest BCUT2D eigenvalue weighted by atomic mass is 9.55. The summed E-state index contributed by atoms with van der Waals surface area (Å²) in [5, 5.41) is 0. The van der Waals surface area contributed by atoms with Crippen LogP contribution in [0.2, 0.25) is 0 Å². The highest BCUT2D eigenvalue weighted by atomic mass is 16.5. The van der Waals surface area contributed by atoms with Gasteiger partial charge in [-0.15, -0.1) is 0 Å². The van der Waals surface area contributed by atoms with E-state index in [0.29, 0.717) is 17.8 Å². The van der Waals surface area contributed by atoms with Crippen LogP contribution in [0.5, 0.6) is 11.5 Å². The van der Waals surface area contributed by atoms with E-state index in [0.717, 1.165) is 37.2 Å². The molecule has 2 aromatic carbocycles. The van der Waals surface area contributed by atoms with E-state index in [1.165, 1.54) is 41.5 Å². The van der Waals surface area contributed by atoms with E-state index < -0.39 is 0 Å². The minimum Gasteiger partial charge on any atom is -0.497 e. The van der Waals surface area contributed by atoms with Crippen LogP contribution in [0.1, 0.15) is 74.1 Å². The van der Waals surface area contributed by atoms with Gasteiger partial charge >= 0.3 is 5.97 Å². The van der Waals surface area contributed by atoms with Crippen molar-refractivity contribution in [3.8, 4) is 11.5 Å². The molecule has 0 aromatic heterocycles. The van der Waals surface area contributed by atoms with Crippen molar-refractivity contribution < 1.29 is 19.0 Å². The van der Waals surface area contributed by atoms with Crippen molar-refractivity contribution in [1.82, 2.24) is 0 Å². The summed E-state index contributed by atoms with van der Waals surface area (Å²) in [5.74, 6) is 3.67. The molecular weight excluding hydrogens is 412 g/mol. The summed E-state index contributed by atoms with van der Waals surface area (Å²) in [6.45, 7) is 3.93. The minimum absolute atomic E-state index is 0.0869. The Hall–Kier alpha value is -2.49. The molecule has 0 heterocycles. The van der Waals surface area contributed by atoms with Crippen LogP contribution in [0.15, 0.2) is 36.4 Å². The molecule has 0 spiro atoms. The Labute approximate surface area is 197 Å². The zero-order chi connectivity index (χ0) is 23.2. The summed E-state index contributed by atoms with van der Waals surface area (Å²) in [7, 11) is 3.48. The van der Waals surface area contributed by atoms with Crippen LogP contribution in [-0.2, 0) is 22.4 Å². The van der Waals surface area contributed by atoms with E-state index in [1.54, 1.807) is 21.1 Å². The van der Waals surface area contributed by atoms with Gasteiger partial charge in [-0.3, -0.25) is 4.79 Å². The van der Waals surface area contributed by atoms with E-state index in [-0.39, 0.29) is 17.5 Å². The molecule has 4 heteroatoms. The number of carbonyl (C=O) groups is 1. The van der Waals surface area contributed by atoms with Crippen LogP contribution < -0.4 is 9.47 Å². The molecule has 0 aliphatic heterocycles. The van der Waals surface area contributed by atoms with Gasteiger partial charge in [-0.2, -0.15) is 0 Å². The van der Waals surface area contributed by atoms with Crippen molar-refractivity contribution in [2.75, 3.05) is 14.2 Å². The number of esters is 1. The van der Waals surface area contributed by atoms with Gasteiger partial charge in [-0.1, -0.05) is 25.1 Å². The fourth-order valence-electron chi connectivity index (χ4n) is 7.28. The van der Waals surface area contributed by atoms with Gasteiger partial charge in [0.2, 0.25) is 0 Å². The quantitative estimate of drug-likeness (QED) is 0.520. The van der Waals surface area contributed by atoms with E-state index >= 15 is 0 Å². The van der Waals surface area contributed by atoms with Crippen molar-refractivity contribution in [3.05, 3.63) is 58.7 Å². The summed E-state index contributed by atoms with van der Waals surface area (Å²) in [6, 6.07) is 13.1. The molecule has 5 rings (SSSR count). The van der Waals surface area contributed by atoms with Gasteiger partial charge < -0.3 is 14.2 Å². The number of benzene rings is 2. The molecule has 0 N–H and O–H groups in total. The molecule has 0 unspecified atom stereocenters. The Kier molecular flexibility index (Phi) is 5.88. The zero-order valence-corrected chi connectivity index (χ0v) is 20.4. The van der Waals surface area contributed by atoms with Crippen LogP contribution in [0.25, 0.3) is 0 Å². The van der Waals surface area contributed by atoms with Crippen LogP contribution in [0, 0.1) is 17.3 Å². The normalized spacial score (nSPS) is 30.1. The Bertz CT molecular complexity index is 1030. The number of hydrogen-bond donors (Lipinski definition) is 0. The summed E-state index contributed by atoms with van der Waals surface area (Å²) in [5.41, 5.74) is 5.65. The lowest BCUT2D eigenvalue weighted by molar-refractivity contribution is -0.154. The maximum atomic E-state index is 11.7. The van der Waals surface area contributed by atoms with Gasteiger partial charge in [0, 0.05) is 18.8 Å². The fourth-order valence-corrected chi connectivity index (χ4v) is 7.28. The SMILES string of the molecule is COc1ccc(Cc2cc3c(cc2OC)CC[C@@H]2[C@@H]3CC[C@]3(C)[C@@H](OC(C)=O)CC[C@@H]23)cc1. The van der Waals surface area contributed by atoms with Crippen molar-refractivity contribution >= 4 is 5.97 Å². The first kappa shape index (κ1) is 22.3. The highest BCUT2D eigenvalue weighted by molar-refractivity contribution is 5.66. The molecule has 176 valence electrons. The minimum atomic E-state index is -0.131. The number of aryl methyl sites for hydroxylation is 1. The van der Waals surface area contributed by atoms with E-state index in [9.17, 15) is 4.79 Å². The molecule has 2 aromatic rings. The zero-order valence-electron chi connectivity index (χ0n) is 20.4. The second kappa shape index (κ2) is 8.70. The van der Waals surface area contributed by atoms with Crippen LogP contribution in [-0.4, -0.2) is 26.3 Å². The number of ether oxygens (including phenoxy) is 3. The van der Waals surface area contributed by atoms with Crippen molar-refractivity contribution in [2.24, 2.45) is 17.3 Å². The lowest BCUT2D eigenvalue weighted by Gasteiger charge is -2.50. The monoisotopic (exact) mass is 448 g/mol. The van der Waals surface area contributed by atoms with Gasteiger partial charge in [-0.05, 0) is 96.7 Å². The Morgan fingerprint density at radius 3 is 2.52 bits per heavy atom. The predicted octanol–water partition coefficient (Wildman–Crippen LogP) is 6.08. The molecule has 0 bridgehead atoms. The fraction of sp³-hybridized carbons (Fsp3) is 0.552. The number of methoxy groups -OCH3 is 2. The molecule has 33 heavy (non-hydrogen) atoms. The molecule has 0 amide bonds. The highest BCUT2D eigenvalue weighted by Crippen LogP contribution is 2.61. The average Bonchev–Trinajstić information content (AvgIpc) is 3.14. The molecule has 0 saturated heterocycles. The maximum absolute atomic E-state index is 11.7. The number of fused-ring (bicyclic) bond motifs is 5. The second-order valence-electron chi connectivity index (χ2n) is 10.5. The molecule has 3 aliphatic rings. The van der Waals surface area contributed by atoms with E-state index in [1.807, 2.05) is 12.1 Å². The molecule has 4 nitrogen and oxygen atoms in total. The summed E-state index contributed by atoms with van der Waals surface area (Å²) >= 11 is 0. The standard InChI is InChI=1S/C29H36O4/c1-18(30)33-28-12-11-26-24-10-7-20-17-27(32-4)21(15-19-5-8-22(31-3)9-6-19)16-25(20)23(24)13-14-29(26,28)2/h5-6,8-9,16-17,23-24,26,28H,7,10-15H2,1-4H3/t23-,24+,26-,28-,29-/m0/s1. The molecular formula is C29H36O4. The molecule has 2 fully saturated rings. The van der Waals surface area contributed by atoms with E-state index in [4.69, 9.17) is 14.2 Å². The second-order valence-corrected chi connectivity index (χ2v) is 10.5. The summed E-state index contributed by atoms with van der Waals surface area (Å²) < 4.78 is 16.9. The Balaban J connectivity index is 1.43. The third-order valence-corrected chi connectivity index (χ3v) is 8.90. The van der Waals surface area contributed by atoms with E-state index in [2.05, 4.69) is 31.2 Å². The topological polar surface area (TPSA) is 44.8 Å². The van der Waals surface area contributed by atoms with Crippen molar-refractivity contribution in [3.63, 3.8) is 0 Å². The predicted molar refractivity (Wildman–Crippen MR) is 129 cm³/mol. The Morgan fingerprint density at radius 2 is 1.82 bits per heavy atom. The first-order chi connectivity index (χ1) is 15.9. The molecule has 2 saturated carbocycles. The van der Waals surface area contributed by atoms with Gasteiger partial charge in [-0.25, -0.2) is 0 Å². The van der Waals surface area contributed by atoms with Gasteiger partial charge in [0.25, 0.3) is 0 Å². The van der Waals surface area contributed by atoms with Crippen LogP contribution in [0.4, 0.5) is 0 Å². The number of hydrogen-bond acceptors (Lipinski definition) is 4. The third kappa shape index (κ3) is 3.92. The maximum Gasteiger partial charge on any atom is 0.302 e. The lowest BCUT2D eigenvalue weighted by Crippen LogP contribution is -2.45. The Morgan fingerprint density at radius 1 is 1.03 bits per heavy atom. The first-order valence-corrected chi connectivity index (χ1v) is 12.4. The highest BCUT2D eigenvalue weighted by Gasteiger charge is 2.56. The van der Waals surface area contributed by atoms with Gasteiger partial charge in [0.05, 0.1) is 14.2 Å². The smallest absolute Gasteiger partial charge is 0.302 e.